The average Bonchev–Trinajstić information content (AvgIpc) is 2.35. The minimum atomic E-state index is 0.261. The van der Waals surface area contributed by atoms with Crippen LogP contribution in [-0.4, -0.2) is 12.8 Å². The Morgan fingerprint density at radius 3 is 2.63 bits per heavy atom. The summed E-state index contributed by atoms with van der Waals surface area (Å²) in [7, 11) is 1.87. The molecule has 0 aliphatic heterocycles. The molecule has 2 aliphatic rings. The molecule has 2 aliphatic carbocycles. The van der Waals surface area contributed by atoms with Crippen LogP contribution in [0.25, 0.3) is 0 Å². The summed E-state index contributed by atoms with van der Waals surface area (Å²) in [4.78, 5) is 12.4. The number of ketones is 1. The number of carbonyl (C=O) groups excluding carboxylic acids is 1. The highest BCUT2D eigenvalue weighted by Gasteiger charge is 2.32. The van der Waals surface area contributed by atoms with Crippen LogP contribution < -0.4 is 5.32 Å². The molecule has 2 heteroatoms. The van der Waals surface area contributed by atoms with Gasteiger partial charge in [0.05, 0.1) is 0 Å². The van der Waals surface area contributed by atoms with E-state index < -0.39 is 0 Å². The lowest BCUT2D eigenvalue weighted by atomic mass is 9.72. The monoisotopic (exact) mass is 259 g/mol. The lowest BCUT2D eigenvalue weighted by molar-refractivity contribution is -0.129. The van der Waals surface area contributed by atoms with Crippen molar-refractivity contribution in [3.05, 3.63) is 35.6 Å². The summed E-state index contributed by atoms with van der Waals surface area (Å²) in [5.41, 5.74) is 3.67. The van der Waals surface area contributed by atoms with Crippen molar-refractivity contribution < 1.29 is 4.79 Å². The molecule has 1 fully saturated rings. The highest BCUT2D eigenvalue weighted by molar-refractivity contribution is 5.84. The fraction of sp³-hybridized carbons (Fsp3) is 0.588. The number of likely N-dealkylation sites (N-methyl/N-ethyl adjacent to an activating group) is 1. The van der Waals surface area contributed by atoms with E-state index in [4.69, 9.17) is 0 Å². The number of carbonyl (C=O) groups is 1. The van der Waals surface area contributed by atoms with Crippen LogP contribution in [0, 0.1) is 11.8 Å². The molecular weight excluding hydrogens is 234 g/mol. The van der Waals surface area contributed by atoms with Gasteiger partial charge in [-0.25, -0.2) is 0 Å². The zero-order chi connectivity index (χ0) is 13.8. The van der Waals surface area contributed by atoms with Crippen LogP contribution in [0.3, 0.4) is 0 Å². The van der Waals surface area contributed by atoms with Crippen LogP contribution in [-0.2, 0) is 4.79 Å². The molecule has 0 radical (unpaired) electrons. The van der Waals surface area contributed by atoms with Crippen molar-refractivity contribution >= 4 is 5.78 Å². The minimum Gasteiger partial charge on any atom is -0.389 e. The first-order chi connectivity index (χ1) is 9.11. The van der Waals surface area contributed by atoms with Gasteiger partial charge in [0.2, 0.25) is 0 Å². The molecule has 19 heavy (non-hydrogen) atoms. The maximum atomic E-state index is 12.4. The summed E-state index contributed by atoms with van der Waals surface area (Å²) in [5.74, 6) is 1.16. The molecule has 1 unspecified atom stereocenters. The van der Waals surface area contributed by atoms with E-state index in [0.29, 0.717) is 11.7 Å². The Morgan fingerprint density at radius 1 is 1.32 bits per heavy atom. The van der Waals surface area contributed by atoms with E-state index in [9.17, 15) is 4.79 Å². The van der Waals surface area contributed by atoms with Gasteiger partial charge in [-0.1, -0.05) is 24.6 Å². The molecule has 0 amide bonds. The molecule has 2 rings (SSSR count). The van der Waals surface area contributed by atoms with E-state index in [1.54, 1.807) is 0 Å². The normalized spacial score (nSPS) is 24.4. The molecule has 0 spiro atoms. The average molecular weight is 259 g/mol. The largest absolute Gasteiger partial charge is 0.389 e. The minimum absolute atomic E-state index is 0.261. The van der Waals surface area contributed by atoms with Gasteiger partial charge in [-0.15, -0.1) is 0 Å². The van der Waals surface area contributed by atoms with Gasteiger partial charge in [0.15, 0.2) is 0 Å². The quantitative estimate of drug-likeness (QED) is 0.762. The van der Waals surface area contributed by atoms with Crippen LogP contribution in [0.1, 0.15) is 45.4 Å². The topological polar surface area (TPSA) is 29.1 Å². The Hall–Kier alpha value is -1.31. The smallest absolute Gasteiger partial charge is 0.139 e. The van der Waals surface area contributed by atoms with E-state index >= 15 is 0 Å². The van der Waals surface area contributed by atoms with E-state index in [1.165, 1.54) is 17.6 Å². The molecule has 104 valence electrons. The Bertz CT molecular complexity index is 427. The first-order valence-corrected chi connectivity index (χ1v) is 7.39. The van der Waals surface area contributed by atoms with Gasteiger partial charge in [0.25, 0.3) is 0 Å². The van der Waals surface area contributed by atoms with E-state index in [1.807, 2.05) is 13.1 Å². The van der Waals surface area contributed by atoms with Crippen LogP contribution in [0.2, 0.25) is 0 Å². The third-order valence-corrected chi connectivity index (χ3v) is 4.60. The maximum absolute atomic E-state index is 12.4. The second kappa shape index (κ2) is 6.23. The second-order valence-electron chi connectivity index (χ2n) is 5.88. The van der Waals surface area contributed by atoms with Crippen LogP contribution in [0.15, 0.2) is 35.6 Å². The third-order valence-electron chi connectivity index (χ3n) is 4.60. The molecule has 0 saturated heterocycles. The van der Waals surface area contributed by atoms with Crippen molar-refractivity contribution in [2.45, 2.75) is 45.4 Å². The lowest BCUT2D eigenvalue weighted by Gasteiger charge is -2.31. The van der Waals surface area contributed by atoms with Crippen LogP contribution >= 0.6 is 0 Å². The number of rotatable bonds is 5. The second-order valence-corrected chi connectivity index (χ2v) is 5.88. The van der Waals surface area contributed by atoms with E-state index in [-0.39, 0.29) is 5.92 Å². The Labute approximate surface area is 116 Å². The summed E-state index contributed by atoms with van der Waals surface area (Å²) < 4.78 is 0. The molecule has 1 atom stereocenters. The molecule has 0 bridgehead atoms. The zero-order valence-corrected chi connectivity index (χ0v) is 12.2. The highest BCUT2D eigenvalue weighted by atomic mass is 16.1. The number of allylic oxidation sites excluding steroid dienone is 4. The molecule has 0 aromatic rings. The van der Waals surface area contributed by atoms with Crippen LogP contribution in [0.5, 0.6) is 0 Å². The van der Waals surface area contributed by atoms with Crippen molar-refractivity contribution in [1.29, 1.82) is 0 Å². The first-order valence-electron chi connectivity index (χ1n) is 7.39. The van der Waals surface area contributed by atoms with Crippen molar-refractivity contribution in [1.82, 2.24) is 5.32 Å². The summed E-state index contributed by atoms with van der Waals surface area (Å²) in [5, 5.41) is 3.02. The van der Waals surface area contributed by atoms with Crippen molar-refractivity contribution in [3.63, 3.8) is 0 Å². The van der Waals surface area contributed by atoms with Gasteiger partial charge < -0.3 is 5.32 Å². The van der Waals surface area contributed by atoms with E-state index in [2.05, 4.69) is 24.9 Å². The molecule has 2 nitrogen and oxygen atoms in total. The van der Waals surface area contributed by atoms with Gasteiger partial charge in [-0.2, -0.15) is 0 Å². The summed E-state index contributed by atoms with van der Waals surface area (Å²) in [6.45, 7) is 6.09. The Balaban J connectivity index is 2.00. The van der Waals surface area contributed by atoms with Crippen molar-refractivity contribution in [3.8, 4) is 0 Å². The van der Waals surface area contributed by atoms with Gasteiger partial charge in [-0.05, 0) is 50.7 Å². The van der Waals surface area contributed by atoms with Gasteiger partial charge in [-0.3, -0.25) is 4.79 Å². The Kier molecular flexibility index (Phi) is 4.62. The standard InChI is InChI=1S/C17H25NO/c1-12-7-9-16(17(19)14-5-4-6-14)11-15(12)10-8-13(2)18-3/h8,10,14,16,18H,2,4-7,9,11H2,1,3H3/b10-8-. The molecule has 1 saturated carbocycles. The molecular formula is C17H25NO. The van der Waals surface area contributed by atoms with Gasteiger partial charge in [0.1, 0.15) is 5.78 Å². The Morgan fingerprint density at radius 2 is 2.05 bits per heavy atom. The fourth-order valence-corrected chi connectivity index (χ4v) is 2.86. The van der Waals surface area contributed by atoms with Crippen LogP contribution in [0.4, 0.5) is 0 Å². The summed E-state index contributed by atoms with van der Waals surface area (Å²) in [6.07, 6.45) is 10.7. The number of hydrogen-bond donors (Lipinski definition) is 1. The first kappa shape index (κ1) is 14.1. The number of hydrogen-bond acceptors (Lipinski definition) is 2. The maximum Gasteiger partial charge on any atom is 0.139 e. The third kappa shape index (κ3) is 3.37. The number of nitrogens with one attached hydrogen (secondary N) is 1. The predicted octanol–water partition coefficient (Wildman–Crippen LogP) is 3.76. The highest BCUT2D eigenvalue weighted by Crippen LogP contribution is 2.37. The van der Waals surface area contributed by atoms with Crippen molar-refractivity contribution in [2.75, 3.05) is 7.05 Å². The zero-order valence-electron chi connectivity index (χ0n) is 12.2. The number of Topliss-reactive ketones (excluding diaryl/α,β-unsaturated/α-hetero) is 1. The summed E-state index contributed by atoms with van der Waals surface area (Å²) >= 11 is 0. The van der Waals surface area contributed by atoms with Crippen molar-refractivity contribution in [2.24, 2.45) is 11.8 Å². The fourth-order valence-electron chi connectivity index (χ4n) is 2.86. The van der Waals surface area contributed by atoms with Gasteiger partial charge >= 0.3 is 0 Å². The molecule has 0 aromatic carbocycles. The molecule has 1 N–H and O–H groups in total. The predicted molar refractivity (Wildman–Crippen MR) is 79.7 cm³/mol. The van der Waals surface area contributed by atoms with E-state index in [0.717, 1.165) is 37.8 Å². The van der Waals surface area contributed by atoms with Gasteiger partial charge in [0, 0.05) is 24.6 Å². The SMILES string of the molecule is C=C(/C=C\C1=C(C)CCC(C(=O)C2CCC2)C1)NC. The molecule has 0 heterocycles. The summed E-state index contributed by atoms with van der Waals surface area (Å²) in [6, 6.07) is 0. The lowest BCUT2D eigenvalue weighted by Crippen LogP contribution is -2.30. The molecule has 0 aromatic heterocycles.